The van der Waals surface area contributed by atoms with Gasteiger partial charge in [-0.05, 0) is 73.3 Å². The molecule has 158 valence electrons. The van der Waals surface area contributed by atoms with Gasteiger partial charge in [-0.25, -0.2) is 0 Å². The lowest BCUT2D eigenvalue weighted by Gasteiger charge is -2.32. The maximum atomic E-state index is 6.42. The first-order valence-electron chi connectivity index (χ1n) is 11.1. The Morgan fingerprint density at radius 3 is 1.97 bits per heavy atom. The third-order valence-corrected chi connectivity index (χ3v) is 7.07. The van der Waals surface area contributed by atoms with Crippen LogP contribution in [0.5, 0.6) is 0 Å². The van der Waals surface area contributed by atoms with E-state index in [9.17, 15) is 0 Å². The smallest absolute Gasteiger partial charge is 0.456 e. The summed E-state index contributed by atoms with van der Waals surface area (Å²) in [5.41, 5.74) is 4.19. The fourth-order valence-corrected chi connectivity index (χ4v) is 4.57. The maximum Gasteiger partial charge on any atom is 0.494 e. The quantitative estimate of drug-likeness (QED) is 0.298. The van der Waals surface area contributed by atoms with Crippen LogP contribution in [-0.4, -0.2) is 18.3 Å². The zero-order valence-corrected chi connectivity index (χ0v) is 18.8. The lowest BCUT2D eigenvalue weighted by atomic mass is 9.77. The van der Waals surface area contributed by atoms with Crippen molar-refractivity contribution < 1.29 is 13.7 Å². The van der Waals surface area contributed by atoms with Gasteiger partial charge in [-0.3, -0.25) is 0 Å². The van der Waals surface area contributed by atoms with E-state index >= 15 is 0 Å². The normalized spacial score (nSPS) is 17.6. The molecule has 4 heteroatoms. The molecule has 32 heavy (non-hydrogen) atoms. The molecule has 1 fully saturated rings. The summed E-state index contributed by atoms with van der Waals surface area (Å²) < 4.78 is 19.1. The second-order valence-corrected chi connectivity index (χ2v) is 9.69. The molecule has 0 atom stereocenters. The third kappa shape index (κ3) is 2.91. The summed E-state index contributed by atoms with van der Waals surface area (Å²) in [4.78, 5) is 0. The van der Waals surface area contributed by atoms with Crippen molar-refractivity contribution in [3.63, 3.8) is 0 Å². The van der Waals surface area contributed by atoms with Crippen molar-refractivity contribution in [2.24, 2.45) is 0 Å². The molecule has 0 amide bonds. The van der Waals surface area contributed by atoms with Crippen LogP contribution in [0.4, 0.5) is 0 Å². The summed E-state index contributed by atoms with van der Waals surface area (Å²) in [6, 6.07) is 27.5. The molecule has 1 saturated heterocycles. The van der Waals surface area contributed by atoms with Crippen LogP contribution in [0.3, 0.4) is 0 Å². The van der Waals surface area contributed by atoms with Crippen LogP contribution in [0.15, 0.2) is 83.3 Å². The van der Waals surface area contributed by atoms with E-state index in [1.807, 2.05) is 6.07 Å². The van der Waals surface area contributed by atoms with Crippen LogP contribution >= 0.6 is 0 Å². The van der Waals surface area contributed by atoms with Gasteiger partial charge in [0.1, 0.15) is 11.2 Å². The summed E-state index contributed by atoms with van der Waals surface area (Å²) in [5.74, 6) is 0. The lowest BCUT2D eigenvalue weighted by Crippen LogP contribution is -2.41. The average molecular weight is 420 g/mol. The van der Waals surface area contributed by atoms with E-state index in [0.29, 0.717) is 0 Å². The highest BCUT2D eigenvalue weighted by Gasteiger charge is 2.51. The standard InChI is InChI=1S/C28H25BO3/c1-27(2)28(3,4)32-29(31-27)21-16-22(18-10-6-5-7-11-18)26-23-14-19-12-8-9-13-20(19)15-24(23)30-25(26)17-21/h5-17H,1-4H3. The zero-order chi connectivity index (χ0) is 22.1. The summed E-state index contributed by atoms with van der Waals surface area (Å²) >= 11 is 0. The zero-order valence-electron chi connectivity index (χ0n) is 18.8. The van der Waals surface area contributed by atoms with Gasteiger partial charge in [0.2, 0.25) is 0 Å². The lowest BCUT2D eigenvalue weighted by molar-refractivity contribution is 0.00578. The van der Waals surface area contributed by atoms with Gasteiger partial charge in [0.05, 0.1) is 11.2 Å². The maximum absolute atomic E-state index is 6.42. The highest BCUT2D eigenvalue weighted by atomic mass is 16.7. The predicted molar refractivity (Wildman–Crippen MR) is 132 cm³/mol. The highest BCUT2D eigenvalue weighted by molar-refractivity contribution is 6.62. The first kappa shape index (κ1) is 19.6. The summed E-state index contributed by atoms with van der Waals surface area (Å²) in [7, 11) is -0.445. The summed E-state index contributed by atoms with van der Waals surface area (Å²) in [5, 5.41) is 4.62. The van der Waals surface area contributed by atoms with Crippen LogP contribution in [0.1, 0.15) is 27.7 Å². The number of fused-ring (bicyclic) bond motifs is 4. The van der Waals surface area contributed by atoms with E-state index in [4.69, 9.17) is 13.7 Å². The first-order chi connectivity index (χ1) is 15.3. The SMILES string of the molecule is CC1(C)OB(c2cc(-c3ccccc3)c3c(c2)oc2cc4ccccc4cc23)OC1(C)C. The fraction of sp³-hybridized carbons (Fsp3) is 0.214. The Balaban J connectivity index is 1.64. The molecule has 0 aliphatic carbocycles. The van der Waals surface area contributed by atoms with E-state index < -0.39 is 18.3 Å². The Kier molecular flexibility index (Phi) is 4.11. The van der Waals surface area contributed by atoms with Crippen molar-refractivity contribution in [2.45, 2.75) is 38.9 Å². The van der Waals surface area contributed by atoms with Crippen molar-refractivity contribution in [1.82, 2.24) is 0 Å². The second-order valence-electron chi connectivity index (χ2n) is 9.69. The minimum atomic E-state index is -0.445. The number of hydrogen-bond donors (Lipinski definition) is 0. The molecule has 3 nitrogen and oxygen atoms in total. The number of benzene rings is 4. The minimum Gasteiger partial charge on any atom is -0.456 e. The molecular formula is C28H25BO3. The van der Waals surface area contributed by atoms with E-state index in [2.05, 4.69) is 100 Å². The molecule has 0 N–H and O–H groups in total. The Hall–Kier alpha value is -3.08. The molecule has 6 rings (SSSR count). The average Bonchev–Trinajstić information content (AvgIpc) is 3.24. The van der Waals surface area contributed by atoms with E-state index in [1.165, 1.54) is 10.8 Å². The molecule has 1 aliphatic heterocycles. The third-order valence-electron chi connectivity index (χ3n) is 7.07. The number of rotatable bonds is 2. The molecule has 2 heterocycles. The van der Waals surface area contributed by atoms with Gasteiger partial charge in [-0.2, -0.15) is 0 Å². The largest absolute Gasteiger partial charge is 0.494 e. The molecule has 4 aromatic carbocycles. The van der Waals surface area contributed by atoms with Gasteiger partial charge in [0, 0.05) is 10.8 Å². The first-order valence-corrected chi connectivity index (χ1v) is 11.1. The molecule has 1 aromatic heterocycles. The Morgan fingerprint density at radius 2 is 1.28 bits per heavy atom. The van der Waals surface area contributed by atoms with E-state index in [1.54, 1.807) is 0 Å². The Bertz CT molecular complexity index is 1460. The number of furan rings is 1. The van der Waals surface area contributed by atoms with E-state index in [0.717, 1.165) is 38.5 Å². The van der Waals surface area contributed by atoms with Crippen LogP contribution < -0.4 is 5.46 Å². The summed E-state index contributed by atoms with van der Waals surface area (Å²) in [6.45, 7) is 8.32. The van der Waals surface area contributed by atoms with Gasteiger partial charge < -0.3 is 13.7 Å². The van der Waals surface area contributed by atoms with Crippen LogP contribution in [0.25, 0.3) is 43.8 Å². The molecule has 1 aliphatic rings. The molecule has 0 saturated carbocycles. The topological polar surface area (TPSA) is 31.6 Å². The molecule has 0 spiro atoms. The Labute approximate surface area is 188 Å². The molecule has 5 aromatic rings. The van der Waals surface area contributed by atoms with Gasteiger partial charge in [-0.15, -0.1) is 0 Å². The van der Waals surface area contributed by atoms with Gasteiger partial charge >= 0.3 is 7.12 Å². The van der Waals surface area contributed by atoms with Crippen LogP contribution in [0, 0.1) is 0 Å². The minimum absolute atomic E-state index is 0.398. The van der Waals surface area contributed by atoms with Crippen molar-refractivity contribution in [2.75, 3.05) is 0 Å². The van der Waals surface area contributed by atoms with Gasteiger partial charge in [0.15, 0.2) is 0 Å². The van der Waals surface area contributed by atoms with Crippen LogP contribution in [-0.2, 0) is 9.31 Å². The highest BCUT2D eigenvalue weighted by Crippen LogP contribution is 2.40. The van der Waals surface area contributed by atoms with Gasteiger partial charge in [0.25, 0.3) is 0 Å². The molecule has 0 radical (unpaired) electrons. The molecule has 0 bridgehead atoms. The van der Waals surface area contributed by atoms with Crippen LogP contribution in [0.2, 0.25) is 0 Å². The van der Waals surface area contributed by atoms with Crippen molar-refractivity contribution >= 4 is 45.3 Å². The molecule has 0 unspecified atom stereocenters. The van der Waals surface area contributed by atoms with Gasteiger partial charge in [-0.1, -0.05) is 60.7 Å². The molecular weight excluding hydrogens is 395 g/mol. The number of hydrogen-bond acceptors (Lipinski definition) is 3. The Morgan fingerprint density at radius 1 is 0.656 bits per heavy atom. The summed E-state index contributed by atoms with van der Waals surface area (Å²) in [6.07, 6.45) is 0. The van der Waals surface area contributed by atoms with Crippen molar-refractivity contribution in [3.8, 4) is 11.1 Å². The van der Waals surface area contributed by atoms with Crippen molar-refractivity contribution in [3.05, 3.63) is 78.9 Å². The van der Waals surface area contributed by atoms with E-state index in [-0.39, 0.29) is 0 Å². The fourth-order valence-electron chi connectivity index (χ4n) is 4.57. The predicted octanol–water partition coefficient (Wildman–Crippen LogP) is 6.71. The monoisotopic (exact) mass is 420 g/mol. The van der Waals surface area contributed by atoms with Crippen molar-refractivity contribution in [1.29, 1.82) is 0 Å². The second kappa shape index (κ2) is 6.71.